The summed E-state index contributed by atoms with van der Waals surface area (Å²) in [6, 6.07) is 11.6. The molecule has 0 radical (unpaired) electrons. The van der Waals surface area contributed by atoms with Crippen LogP contribution in [0.2, 0.25) is 0 Å². The molecule has 0 saturated heterocycles. The first-order chi connectivity index (χ1) is 14.3. The second-order valence-electron chi connectivity index (χ2n) is 7.05. The van der Waals surface area contributed by atoms with Crippen molar-refractivity contribution in [3.8, 4) is 17.1 Å². The van der Waals surface area contributed by atoms with Gasteiger partial charge in [0.2, 0.25) is 11.7 Å². The van der Waals surface area contributed by atoms with E-state index in [1.54, 1.807) is 0 Å². The summed E-state index contributed by atoms with van der Waals surface area (Å²) in [6.45, 7) is 5.73. The Morgan fingerprint density at radius 3 is 2.67 bits per heavy atom. The predicted molar refractivity (Wildman–Crippen MR) is 109 cm³/mol. The first-order valence-electron chi connectivity index (χ1n) is 9.33. The van der Waals surface area contributed by atoms with Crippen molar-refractivity contribution in [1.29, 1.82) is 0 Å². The summed E-state index contributed by atoms with van der Waals surface area (Å²) in [6.07, 6.45) is 0. The summed E-state index contributed by atoms with van der Waals surface area (Å²) >= 11 is 0. The van der Waals surface area contributed by atoms with Crippen LogP contribution in [0.15, 0.2) is 47.0 Å². The van der Waals surface area contributed by atoms with E-state index in [4.69, 9.17) is 9.26 Å². The Morgan fingerprint density at radius 2 is 2.03 bits per heavy atom. The van der Waals surface area contributed by atoms with E-state index >= 15 is 0 Å². The van der Waals surface area contributed by atoms with Crippen LogP contribution in [0.25, 0.3) is 11.4 Å². The van der Waals surface area contributed by atoms with Gasteiger partial charge in [0.05, 0.1) is 12.0 Å². The molecule has 0 aliphatic rings. The lowest BCUT2D eigenvalue weighted by molar-refractivity contribution is -0.385. The highest BCUT2D eigenvalue weighted by Gasteiger charge is 2.25. The number of ether oxygens (including phenoxy) is 1. The van der Waals surface area contributed by atoms with E-state index in [1.165, 1.54) is 30.2 Å². The molecule has 9 heteroatoms. The van der Waals surface area contributed by atoms with Crippen LogP contribution in [0, 0.1) is 17.0 Å². The Labute approximate surface area is 173 Å². The van der Waals surface area contributed by atoms with Gasteiger partial charge < -0.3 is 14.2 Å². The minimum atomic E-state index is -0.582. The highest BCUT2D eigenvalue weighted by molar-refractivity contribution is 5.95. The second kappa shape index (κ2) is 8.73. The second-order valence-corrected chi connectivity index (χ2v) is 7.05. The van der Waals surface area contributed by atoms with Crippen LogP contribution in [0.3, 0.4) is 0 Å². The number of nitro groups is 1. The molecule has 0 bridgehead atoms. The van der Waals surface area contributed by atoms with Crippen molar-refractivity contribution in [2.24, 2.45) is 0 Å². The van der Waals surface area contributed by atoms with Gasteiger partial charge in [0.15, 0.2) is 5.75 Å². The highest BCUT2D eigenvalue weighted by atomic mass is 16.6. The van der Waals surface area contributed by atoms with Crippen molar-refractivity contribution in [3.05, 3.63) is 69.6 Å². The van der Waals surface area contributed by atoms with Crippen LogP contribution in [0.1, 0.15) is 35.7 Å². The highest BCUT2D eigenvalue weighted by Crippen LogP contribution is 2.28. The summed E-state index contributed by atoms with van der Waals surface area (Å²) in [5.74, 6) is 0.417. The van der Waals surface area contributed by atoms with Crippen LogP contribution in [-0.4, -0.2) is 39.0 Å². The largest absolute Gasteiger partial charge is 0.490 e. The molecule has 2 aromatic carbocycles. The molecule has 9 nitrogen and oxygen atoms in total. The van der Waals surface area contributed by atoms with Crippen molar-refractivity contribution < 1.29 is 19.0 Å². The van der Waals surface area contributed by atoms with Gasteiger partial charge >= 0.3 is 5.69 Å². The Hall–Kier alpha value is -3.75. The Balaban J connectivity index is 1.86. The van der Waals surface area contributed by atoms with Crippen molar-refractivity contribution in [2.45, 2.75) is 33.4 Å². The molecule has 0 unspecified atom stereocenters. The molecule has 1 aromatic heterocycles. The maximum Gasteiger partial charge on any atom is 0.311 e. The molecular weight excluding hydrogens is 388 g/mol. The number of carbonyl (C=O) groups excluding carboxylic acids is 1. The molecule has 0 atom stereocenters. The molecule has 0 aliphatic carbocycles. The monoisotopic (exact) mass is 410 g/mol. The lowest BCUT2D eigenvalue weighted by Crippen LogP contribution is -2.36. The topological polar surface area (TPSA) is 112 Å². The van der Waals surface area contributed by atoms with Gasteiger partial charge in [-0.15, -0.1) is 0 Å². The minimum Gasteiger partial charge on any atom is -0.490 e. The average Bonchev–Trinajstić information content (AvgIpc) is 3.19. The van der Waals surface area contributed by atoms with E-state index in [9.17, 15) is 14.9 Å². The van der Waals surface area contributed by atoms with Gasteiger partial charge in [-0.1, -0.05) is 28.9 Å². The molecule has 0 fully saturated rings. The molecule has 0 saturated carbocycles. The normalized spacial score (nSPS) is 10.8. The number of aryl methyl sites for hydroxylation is 1. The fourth-order valence-corrected chi connectivity index (χ4v) is 2.99. The predicted octanol–water partition coefficient (Wildman–Crippen LogP) is 4.01. The molecule has 3 rings (SSSR count). The third kappa shape index (κ3) is 4.45. The van der Waals surface area contributed by atoms with Gasteiger partial charge in [-0.25, -0.2) is 0 Å². The van der Waals surface area contributed by atoms with E-state index in [2.05, 4.69) is 10.1 Å². The zero-order valence-corrected chi connectivity index (χ0v) is 17.2. The van der Waals surface area contributed by atoms with Crippen molar-refractivity contribution in [1.82, 2.24) is 15.0 Å². The fourth-order valence-electron chi connectivity index (χ4n) is 2.99. The smallest absolute Gasteiger partial charge is 0.311 e. The number of nitro benzene ring substituents is 1. The number of aromatic nitrogens is 2. The van der Waals surface area contributed by atoms with Crippen LogP contribution in [0.4, 0.5) is 5.69 Å². The Bertz CT molecular complexity index is 1080. The van der Waals surface area contributed by atoms with Gasteiger partial charge in [0.1, 0.15) is 6.54 Å². The number of methoxy groups -OCH3 is 1. The van der Waals surface area contributed by atoms with Gasteiger partial charge in [-0.05, 0) is 39.0 Å². The third-order valence-electron chi connectivity index (χ3n) is 4.56. The van der Waals surface area contributed by atoms with E-state index in [0.717, 1.165) is 11.1 Å². The van der Waals surface area contributed by atoms with Gasteiger partial charge in [-0.3, -0.25) is 14.9 Å². The summed E-state index contributed by atoms with van der Waals surface area (Å²) < 4.78 is 10.3. The zero-order valence-electron chi connectivity index (χ0n) is 17.2. The molecule has 0 aliphatic heterocycles. The minimum absolute atomic E-state index is 0.0785. The first-order valence-corrected chi connectivity index (χ1v) is 9.33. The van der Waals surface area contributed by atoms with Crippen molar-refractivity contribution in [3.63, 3.8) is 0 Å². The summed E-state index contributed by atoms with van der Waals surface area (Å²) in [4.78, 5) is 29.7. The number of hydrogen-bond acceptors (Lipinski definition) is 7. The molecule has 3 aromatic rings. The van der Waals surface area contributed by atoms with E-state index < -0.39 is 4.92 Å². The fraction of sp³-hybridized carbons (Fsp3) is 0.286. The number of carbonyl (C=O) groups is 1. The summed E-state index contributed by atoms with van der Waals surface area (Å²) in [7, 11) is 1.34. The van der Waals surface area contributed by atoms with Gasteiger partial charge in [-0.2, -0.15) is 4.98 Å². The first kappa shape index (κ1) is 21.0. The maximum atomic E-state index is 13.1. The summed E-state index contributed by atoms with van der Waals surface area (Å²) in [5.41, 5.74) is 1.79. The van der Waals surface area contributed by atoms with E-state index in [0.29, 0.717) is 5.82 Å². The van der Waals surface area contributed by atoms with E-state index in [1.807, 2.05) is 45.0 Å². The number of nitrogens with zero attached hydrogens (tertiary/aromatic N) is 4. The average molecular weight is 410 g/mol. The maximum absolute atomic E-state index is 13.1. The molecular formula is C21H22N4O5. The molecule has 1 heterocycles. The third-order valence-corrected chi connectivity index (χ3v) is 4.56. The number of hydrogen-bond donors (Lipinski definition) is 0. The SMILES string of the molecule is COc1ccc(C(=O)N(Cc2nc(-c3cccc(C)c3)no2)C(C)C)cc1[N+](=O)[O-]. The van der Waals surface area contributed by atoms with Crippen LogP contribution in [-0.2, 0) is 6.54 Å². The van der Waals surface area contributed by atoms with Gasteiger partial charge in [0, 0.05) is 23.2 Å². The lowest BCUT2D eigenvalue weighted by atomic mass is 10.1. The standard InChI is InChI=1S/C21H22N4O5/c1-13(2)24(21(26)16-8-9-18(29-4)17(11-16)25(27)28)12-19-22-20(23-30-19)15-7-5-6-14(3)10-15/h5-11,13H,12H2,1-4H3. The number of rotatable bonds is 7. The van der Waals surface area contributed by atoms with Gasteiger partial charge in [0.25, 0.3) is 5.91 Å². The lowest BCUT2D eigenvalue weighted by Gasteiger charge is -2.25. The Kier molecular flexibility index (Phi) is 6.10. The van der Waals surface area contributed by atoms with Crippen LogP contribution >= 0.6 is 0 Å². The van der Waals surface area contributed by atoms with E-state index in [-0.39, 0.29) is 41.4 Å². The molecule has 30 heavy (non-hydrogen) atoms. The van der Waals surface area contributed by atoms with Crippen LogP contribution in [0.5, 0.6) is 5.75 Å². The quantitative estimate of drug-likeness (QED) is 0.427. The summed E-state index contributed by atoms with van der Waals surface area (Å²) in [5, 5.41) is 15.3. The zero-order chi connectivity index (χ0) is 21.8. The van der Waals surface area contributed by atoms with Crippen LogP contribution < -0.4 is 4.74 Å². The number of amides is 1. The van der Waals surface area contributed by atoms with Crippen molar-refractivity contribution in [2.75, 3.05) is 7.11 Å². The Morgan fingerprint density at radius 1 is 1.27 bits per heavy atom. The molecule has 0 spiro atoms. The molecule has 156 valence electrons. The van der Waals surface area contributed by atoms with Crippen molar-refractivity contribution >= 4 is 11.6 Å². The molecule has 1 amide bonds. The molecule has 0 N–H and O–H groups in total. The number of benzene rings is 2.